The van der Waals surface area contributed by atoms with E-state index in [0.717, 1.165) is 29.6 Å². The van der Waals surface area contributed by atoms with Gasteiger partial charge in [-0.1, -0.05) is 18.9 Å². The van der Waals surface area contributed by atoms with Crippen molar-refractivity contribution in [2.45, 2.75) is 51.2 Å². The first kappa shape index (κ1) is 13.1. The van der Waals surface area contributed by atoms with Gasteiger partial charge in [0.15, 0.2) is 5.82 Å². The Balaban J connectivity index is 1.74. The first-order valence-corrected chi connectivity index (χ1v) is 8.22. The zero-order valence-corrected chi connectivity index (χ0v) is 12.4. The van der Waals surface area contributed by atoms with Crippen molar-refractivity contribution >= 4 is 11.5 Å². The van der Waals surface area contributed by atoms with Crippen molar-refractivity contribution in [3.8, 4) is 0 Å². The molecule has 0 amide bonds. The van der Waals surface area contributed by atoms with Crippen LogP contribution >= 0.6 is 0 Å². The largest absolute Gasteiger partial charge is 0.390 e. The number of anilines is 1. The maximum atomic E-state index is 9.83. The smallest absolute Gasteiger partial charge is 0.153 e. The summed E-state index contributed by atoms with van der Waals surface area (Å²) in [5, 5.41) is 9.83. The number of aliphatic hydroxyl groups excluding tert-OH is 1. The molecule has 2 aliphatic rings. The van der Waals surface area contributed by atoms with Gasteiger partial charge in [0.2, 0.25) is 0 Å². The summed E-state index contributed by atoms with van der Waals surface area (Å²) in [7, 11) is 0. The number of imidazole rings is 1. The van der Waals surface area contributed by atoms with Gasteiger partial charge in [-0.3, -0.25) is 4.40 Å². The van der Waals surface area contributed by atoms with Gasteiger partial charge in [-0.2, -0.15) is 0 Å². The number of aliphatic hydroxyl groups is 1. The van der Waals surface area contributed by atoms with E-state index in [1.807, 2.05) is 28.8 Å². The van der Waals surface area contributed by atoms with E-state index in [1.165, 1.54) is 38.5 Å². The van der Waals surface area contributed by atoms with Crippen LogP contribution in [0.1, 0.15) is 44.2 Å². The molecule has 2 aromatic rings. The third-order valence-electron chi connectivity index (χ3n) is 5.27. The number of pyridine rings is 1. The number of hydrogen-bond acceptors (Lipinski definition) is 3. The molecule has 4 rings (SSSR count). The second-order valence-corrected chi connectivity index (χ2v) is 6.42. The lowest BCUT2D eigenvalue weighted by Crippen LogP contribution is -2.35. The Kier molecular flexibility index (Phi) is 3.34. The normalized spacial score (nSPS) is 23.5. The van der Waals surface area contributed by atoms with E-state index in [4.69, 9.17) is 4.98 Å². The highest BCUT2D eigenvalue weighted by molar-refractivity contribution is 5.57. The molecule has 0 bridgehead atoms. The van der Waals surface area contributed by atoms with Crippen LogP contribution in [0.3, 0.4) is 0 Å². The van der Waals surface area contributed by atoms with Gasteiger partial charge in [0, 0.05) is 18.8 Å². The molecule has 3 heterocycles. The van der Waals surface area contributed by atoms with E-state index in [1.54, 1.807) is 0 Å². The van der Waals surface area contributed by atoms with Crippen LogP contribution in [0.5, 0.6) is 0 Å². The first-order valence-electron chi connectivity index (χ1n) is 8.22. The Labute approximate surface area is 125 Å². The van der Waals surface area contributed by atoms with Crippen molar-refractivity contribution < 1.29 is 5.11 Å². The molecule has 1 saturated heterocycles. The molecule has 1 unspecified atom stereocenters. The fraction of sp³-hybridized carbons (Fsp3) is 0.588. The van der Waals surface area contributed by atoms with Gasteiger partial charge in [0.1, 0.15) is 5.65 Å². The van der Waals surface area contributed by atoms with E-state index < -0.39 is 0 Å². The second kappa shape index (κ2) is 5.34. The predicted molar refractivity (Wildman–Crippen MR) is 83.4 cm³/mol. The minimum absolute atomic E-state index is 0.0500. The molecule has 1 N–H and O–H groups in total. The van der Waals surface area contributed by atoms with Crippen molar-refractivity contribution in [1.82, 2.24) is 9.38 Å². The second-order valence-electron chi connectivity index (χ2n) is 6.42. The summed E-state index contributed by atoms with van der Waals surface area (Å²) in [6, 6.07) is 6.65. The summed E-state index contributed by atoms with van der Waals surface area (Å²) >= 11 is 0. The number of nitrogens with zero attached hydrogens (tertiary/aromatic N) is 3. The van der Waals surface area contributed by atoms with Crippen LogP contribution in [-0.2, 0) is 6.61 Å². The topological polar surface area (TPSA) is 40.8 Å². The predicted octanol–water partition coefficient (Wildman–Crippen LogP) is 2.99. The number of hydrogen-bond donors (Lipinski definition) is 1. The summed E-state index contributed by atoms with van der Waals surface area (Å²) in [5.41, 5.74) is 1.88. The van der Waals surface area contributed by atoms with Gasteiger partial charge >= 0.3 is 0 Å². The van der Waals surface area contributed by atoms with E-state index in [0.29, 0.717) is 6.04 Å². The molecule has 0 radical (unpaired) electrons. The minimum Gasteiger partial charge on any atom is -0.390 e. The average molecular weight is 285 g/mol. The van der Waals surface area contributed by atoms with E-state index in [-0.39, 0.29) is 6.61 Å². The molecule has 112 valence electrons. The Bertz CT molecular complexity index is 630. The molecule has 21 heavy (non-hydrogen) atoms. The molecular weight excluding hydrogens is 262 g/mol. The maximum Gasteiger partial charge on any atom is 0.153 e. The molecule has 2 fully saturated rings. The molecule has 4 nitrogen and oxygen atoms in total. The van der Waals surface area contributed by atoms with Crippen molar-refractivity contribution in [2.24, 2.45) is 5.92 Å². The van der Waals surface area contributed by atoms with Gasteiger partial charge in [-0.05, 0) is 43.7 Å². The van der Waals surface area contributed by atoms with E-state index >= 15 is 0 Å². The summed E-state index contributed by atoms with van der Waals surface area (Å²) in [5.74, 6) is 1.84. The molecule has 0 spiro atoms. The van der Waals surface area contributed by atoms with E-state index in [9.17, 15) is 5.11 Å². The molecule has 4 heteroatoms. The SMILES string of the molecule is OCc1c(N2CCCC2C2CCCC2)nc2ccccn12. The molecule has 1 saturated carbocycles. The van der Waals surface area contributed by atoms with Crippen molar-refractivity contribution in [3.63, 3.8) is 0 Å². The molecular formula is C17H23N3O. The van der Waals surface area contributed by atoms with Crippen LogP contribution in [0.25, 0.3) is 5.65 Å². The lowest BCUT2D eigenvalue weighted by Gasteiger charge is -2.30. The number of fused-ring (bicyclic) bond motifs is 1. The zero-order chi connectivity index (χ0) is 14.2. The number of aromatic nitrogens is 2. The molecule has 2 aromatic heterocycles. The fourth-order valence-corrected chi connectivity index (χ4v) is 4.30. The van der Waals surface area contributed by atoms with Crippen LogP contribution in [0.2, 0.25) is 0 Å². The molecule has 1 atom stereocenters. The third-order valence-corrected chi connectivity index (χ3v) is 5.27. The summed E-state index contributed by atoms with van der Waals surface area (Å²) in [6.45, 7) is 1.13. The van der Waals surface area contributed by atoms with E-state index in [2.05, 4.69) is 4.90 Å². The highest BCUT2D eigenvalue weighted by atomic mass is 16.3. The first-order chi connectivity index (χ1) is 10.4. The van der Waals surface area contributed by atoms with Crippen LogP contribution in [0.15, 0.2) is 24.4 Å². The quantitative estimate of drug-likeness (QED) is 0.942. The van der Waals surface area contributed by atoms with Gasteiger partial charge < -0.3 is 10.0 Å². The highest BCUT2D eigenvalue weighted by Gasteiger charge is 2.35. The van der Waals surface area contributed by atoms with Crippen LogP contribution in [-0.4, -0.2) is 27.1 Å². The van der Waals surface area contributed by atoms with Crippen molar-refractivity contribution in [3.05, 3.63) is 30.1 Å². The minimum atomic E-state index is 0.0500. The lowest BCUT2D eigenvalue weighted by molar-refractivity contribution is 0.275. The summed E-state index contributed by atoms with van der Waals surface area (Å²) in [4.78, 5) is 7.30. The summed E-state index contributed by atoms with van der Waals surface area (Å²) in [6.07, 6.45) is 10.0. The highest BCUT2D eigenvalue weighted by Crippen LogP contribution is 2.38. The summed E-state index contributed by atoms with van der Waals surface area (Å²) < 4.78 is 2.03. The third kappa shape index (κ3) is 2.13. The van der Waals surface area contributed by atoms with Gasteiger partial charge in [0.25, 0.3) is 0 Å². The molecule has 1 aliphatic heterocycles. The Hall–Kier alpha value is -1.55. The standard InChI is InChI=1S/C17H23N3O/c21-12-15-17(18-16-9-3-4-10-19(15)16)20-11-5-8-14(20)13-6-1-2-7-13/h3-4,9-10,13-14,21H,1-2,5-8,11-12H2. The lowest BCUT2D eigenvalue weighted by atomic mass is 9.96. The van der Waals surface area contributed by atoms with Crippen molar-refractivity contribution in [2.75, 3.05) is 11.4 Å². The van der Waals surface area contributed by atoms with Crippen LogP contribution < -0.4 is 4.90 Å². The van der Waals surface area contributed by atoms with Gasteiger partial charge in [-0.15, -0.1) is 0 Å². The van der Waals surface area contributed by atoms with Crippen LogP contribution in [0.4, 0.5) is 5.82 Å². The maximum absolute atomic E-state index is 9.83. The Morgan fingerprint density at radius 3 is 2.81 bits per heavy atom. The van der Waals surface area contributed by atoms with Gasteiger partial charge in [-0.25, -0.2) is 4.98 Å². The van der Waals surface area contributed by atoms with Crippen LogP contribution in [0, 0.1) is 5.92 Å². The zero-order valence-electron chi connectivity index (χ0n) is 12.4. The number of rotatable bonds is 3. The Morgan fingerprint density at radius 1 is 1.14 bits per heavy atom. The molecule has 1 aliphatic carbocycles. The fourth-order valence-electron chi connectivity index (χ4n) is 4.30. The Morgan fingerprint density at radius 2 is 2.00 bits per heavy atom. The molecule has 0 aromatic carbocycles. The van der Waals surface area contributed by atoms with Gasteiger partial charge in [0.05, 0.1) is 12.3 Å². The average Bonchev–Trinajstić information content (AvgIpc) is 3.24. The van der Waals surface area contributed by atoms with Crippen molar-refractivity contribution in [1.29, 1.82) is 0 Å². The monoisotopic (exact) mass is 285 g/mol.